The topological polar surface area (TPSA) is 81.5 Å². The normalized spacial score (nSPS) is 17.7. The van der Waals surface area contributed by atoms with Crippen LogP contribution in [-0.2, 0) is 4.65 Å². The molecule has 0 aromatic heterocycles. The molecule has 1 atom stereocenters. The highest BCUT2D eigenvalue weighted by Crippen LogP contribution is 2.23. The van der Waals surface area contributed by atoms with Gasteiger partial charge in [-0.3, -0.25) is 0 Å². The van der Waals surface area contributed by atoms with E-state index in [1.807, 2.05) is 6.07 Å². The van der Waals surface area contributed by atoms with Gasteiger partial charge in [-0.1, -0.05) is 6.07 Å². The lowest BCUT2D eigenvalue weighted by molar-refractivity contribution is 0.198. The van der Waals surface area contributed by atoms with E-state index < -0.39 is 7.12 Å². The van der Waals surface area contributed by atoms with Crippen molar-refractivity contribution < 1.29 is 9.68 Å². The largest absolute Gasteiger partial charge is 0.492 e. The van der Waals surface area contributed by atoms with Crippen molar-refractivity contribution in [2.45, 2.75) is 6.10 Å². The highest BCUT2D eigenvalue weighted by atomic mass is 35.5. The first kappa shape index (κ1) is 14.5. The number of halogens is 2. The van der Waals surface area contributed by atoms with Crippen molar-refractivity contribution in [3.63, 3.8) is 0 Å². The third-order valence-electron chi connectivity index (χ3n) is 2.23. The molecule has 1 aliphatic heterocycles. The van der Waals surface area contributed by atoms with E-state index >= 15 is 0 Å². The van der Waals surface area contributed by atoms with Crippen LogP contribution in [0.4, 0.5) is 5.69 Å². The van der Waals surface area contributed by atoms with Crippen LogP contribution in [0.25, 0.3) is 0 Å². The number of hydrogen-bond acceptors (Lipinski definition) is 4. The lowest BCUT2D eigenvalue weighted by atomic mass is 9.79. The van der Waals surface area contributed by atoms with Gasteiger partial charge in [0.05, 0.1) is 6.10 Å². The van der Waals surface area contributed by atoms with Gasteiger partial charge in [0.15, 0.2) is 0 Å². The van der Waals surface area contributed by atoms with E-state index in [1.165, 1.54) is 0 Å². The van der Waals surface area contributed by atoms with Crippen LogP contribution < -0.4 is 16.9 Å². The Kier molecular flexibility index (Phi) is 5.41. The van der Waals surface area contributed by atoms with E-state index in [9.17, 15) is 5.02 Å². The van der Waals surface area contributed by atoms with Crippen LogP contribution in [0.15, 0.2) is 18.2 Å². The van der Waals surface area contributed by atoms with Crippen molar-refractivity contribution in [1.29, 1.82) is 0 Å². The molecule has 0 bridgehead atoms. The van der Waals surface area contributed by atoms with Gasteiger partial charge in [-0.05, 0) is 23.2 Å². The number of benzene rings is 1. The highest BCUT2D eigenvalue weighted by molar-refractivity contribution is 6.61. The summed E-state index contributed by atoms with van der Waals surface area (Å²) in [6, 6.07) is 5.34. The fourth-order valence-electron chi connectivity index (χ4n) is 1.59. The van der Waals surface area contributed by atoms with Gasteiger partial charge in [0, 0.05) is 12.2 Å². The summed E-state index contributed by atoms with van der Waals surface area (Å²) in [6.45, 7) is 0.369. The Labute approximate surface area is 101 Å². The van der Waals surface area contributed by atoms with Gasteiger partial charge in [-0.2, -0.15) is 0 Å². The average Bonchev–Trinajstić information content (AvgIpc) is 2.43. The lowest BCUT2D eigenvalue weighted by Crippen LogP contribution is -2.28. The zero-order valence-electron chi connectivity index (χ0n) is 7.92. The standard InChI is InChI=1S/C8H11BN2O2.2ClH/c10-4-8-6-2-1-5(11)3-7(6)9(12)13-8;;/h1-3,8,12H,4,10-11H2;2*1H. The minimum atomic E-state index is -0.882. The molecule has 84 valence electrons. The molecule has 1 aromatic carbocycles. The molecule has 0 fully saturated rings. The fraction of sp³-hybridized carbons (Fsp3) is 0.250. The Hall–Kier alpha value is -0.455. The van der Waals surface area contributed by atoms with Crippen LogP contribution in [-0.4, -0.2) is 18.7 Å². The highest BCUT2D eigenvalue weighted by Gasteiger charge is 2.33. The van der Waals surface area contributed by atoms with Gasteiger partial charge in [0.2, 0.25) is 0 Å². The number of anilines is 1. The fourth-order valence-corrected chi connectivity index (χ4v) is 1.59. The average molecular weight is 251 g/mol. The van der Waals surface area contributed by atoms with Crippen LogP contribution >= 0.6 is 24.8 Å². The summed E-state index contributed by atoms with van der Waals surface area (Å²) in [6.07, 6.45) is -0.203. The van der Waals surface area contributed by atoms with E-state index in [0.29, 0.717) is 12.2 Å². The molecule has 0 radical (unpaired) electrons. The van der Waals surface area contributed by atoms with Crippen molar-refractivity contribution in [3.05, 3.63) is 23.8 Å². The molecule has 1 unspecified atom stereocenters. The summed E-state index contributed by atoms with van der Waals surface area (Å²) >= 11 is 0. The smallest absolute Gasteiger partial charge is 0.423 e. The minimum absolute atomic E-state index is 0. The molecule has 1 aliphatic rings. The van der Waals surface area contributed by atoms with E-state index in [2.05, 4.69) is 0 Å². The zero-order chi connectivity index (χ0) is 9.42. The molecular formula is C8H13BCl2N2O2. The summed E-state index contributed by atoms with van der Waals surface area (Å²) in [5.74, 6) is 0. The van der Waals surface area contributed by atoms with Crippen molar-refractivity contribution in [2.75, 3.05) is 12.3 Å². The summed E-state index contributed by atoms with van der Waals surface area (Å²) in [4.78, 5) is 0. The molecule has 0 spiro atoms. The van der Waals surface area contributed by atoms with Gasteiger partial charge in [-0.15, -0.1) is 24.8 Å². The molecular weight excluding hydrogens is 238 g/mol. The number of fused-ring (bicyclic) bond motifs is 1. The van der Waals surface area contributed by atoms with E-state index in [1.54, 1.807) is 12.1 Å². The molecule has 4 nitrogen and oxygen atoms in total. The van der Waals surface area contributed by atoms with Gasteiger partial charge in [0.1, 0.15) is 0 Å². The van der Waals surface area contributed by atoms with E-state index in [0.717, 1.165) is 11.0 Å². The van der Waals surface area contributed by atoms with Gasteiger partial charge in [-0.25, -0.2) is 0 Å². The molecule has 2 rings (SSSR count). The maximum Gasteiger partial charge on any atom is 0.492 e. The van der Waals surface area contributed by atoms with Crippen LogP contribution in [0.2, 0.25) is 0 Å². The Balaban J connectivity index is 0.000000980. The Morgan fingerprint density at radius 1 is 1.40 bits per heavy atom. The Bertz CT molecular complexity index is 340. The second-order valence-electron chi connectivity index (χ2n) is 3.10. The van der Waals surface area contributed by atoms with Gasteiger partial charge in [0.25, 0.3) is 0 Å². The number of hydrogen-bond donors (Lipinski definition) is 3. The third kappa shape index (κ3) is 2.56. The van der Waals surface area contributed by atoms with Crippen molar-refractivity contribution >= 4 is 43.1 Å². The molecule has 15 heavy (non-hydrogen) atoms. The Morgan fingerprint density at radius 2 is 2.07 bits per heavy atom. The monoisotopic (exact) mass is 250 g/mol. The predicted octanol–water partition coefficient (Wildman–Crippen LogP) is -0.170. The molecule has 0 saturated heterocycles. The molecule has 0 amide bonds. The molecule has 1 aromatic rings. The van der Waals surface area contributed by atoms with E-state index in [4.69, 9.17) is 16.1 Å². The van der Waals surface area contributed by atoms with Gasteiger partial charge >= 0.3 is 7.12 Å². The summed E-state index contributed by atoms with van der Waals surface area (Å²) in [5.41, 5.74) is 13.4. The maximum absolute atomic E-state index is 9.47. The summed E-state index contributed by atoms with van der Waals surface area (Å²) < 4.78 is 5.21. The summed E-state index contributed by atoms with van der Waals surface area (Å²) in [5, 5.41) is 9.47. The van der Waals surface area contributed by atoms with Crippen LogP contribution in [0.3, 0.4) is 0 Å². The molecule has 1 heterocycles. The Morgan fingerprint density at radius 3 is 2.67 bits per heavy atom. The number of rotatable bonds is 1. The first-order valence-electron chi connectivity index (χ1n) is 4.15. The first-order chi connectivity index (χ1) is 6.22. The molecule has 0 saturated carbocycles. The van der Waals surface area contributed by atoms with Crippen LogP contribution in [0.5, 0.6) is 0 Å². The molecule has 0 aliphatic carbocycles. The van der Waals surface area contributed by atoms with Crippen molar-refractivity contribution in [1.82, 2.24) is 0 Å². The lowest BCUT2D eigenvalue weighted by Gasteiger charge is -2.07. The summed E-state index contributed by atoms with van der Waals surface area (Å²) in [7, 11) is -0.882. The second-order valence-corrected chi connectivity index (χ2v) is 3.10. The number of nitrogens with two attached hydrogens (primary N) is 2. The zero-order valence-corrected chi connectivity index (χ0v) is 9.55. The van der Waals surface area contributed by atoms with Crippen LogP contribution in [0, 0.1) is 0 Å². The predicted molar refractivity (Wildman–Crippen MR) is 65.8 cm³/mol. The van der Waals surface area contributed by atoms with Crippen molar-refractivity contribution in [3.8, 4) is 0 Å². The van der Waals surface area contributed by atoms with E-state index in [-0.39, 0.29) is 30.9 Å². The number of nitrogen functional groups attached to an aromatic ring is 1. The first-order valence-corrected chi connectivity index (χ1v) is 4.15. The molecule has 7 heteroatoms. The van der Waals surface area contributed by atoms with Crippen LogP contribution in [0.1, 0.15) is 11.7 Å². The van der Waals surface area contributed by atoms with Gasteiger partial charge < -0.3 is 21.1 Å². The molecule has 5 N–H and O–H groups in total. The second kappa shape index (κ2) is 5.58. The maximum atomic E-state index is 9.47. The SMILES string of the molecule is Cl.Cl.NCC1OB(O)c2cc(N)ccc21. The minimum Gasteiger partial charge on any atom is -0.423 e. The van der Waals surface area contributed by atoms with Crippen molar-refractivity contribution in [2.24, 2.45) is 5.73 Å². The quantitative estimate of drug-likeness (QED) is 0.478. The third-order valence-corrected chi connectivity index (χ3v) is 2.23.